The molecule has 5 heteroatoms. The summed E-state index contributed by atoms with van der Waals surface area (Å²) in [5, 5.41) is 13.3. The number of carbonyl (C=O) groups is 1. The first-order valence-corrected chi connectivity index (χ1v) is 7.96. The van der Waals surface area contributed by atoms with E-state index in [4.69, 9.17) is 23.2 Å². The zero-order valence-electron chi connectivity index (χ0n) is 12.5. The Morgan fingerprint density at radius 2 is 1.42 bits per heavy atom. The van der Waals surface area contributed by atoms with Crippen LogP contribution in [0.5, 0.6) is 0 Å². The van der Waals surface area contributed by atoms with Gasteiger partial charge in [-0.25, -0.2) is 4.79 Å². The van der Waals surface area contributed by atoms with Gasteiger partial charge < -0.3 is 10.4 Å². The predicted octanol–water partition coefficient (Wildman–Crippen LogP) is 6.10. The van der Waals surface area contributed by atoms with Gasteiger partial charge >= 0.3 is 5.97 Å². The van der Waals surface area contributed by atoms with Crippen LogP contribution in [0.1, 0.15) is 10.4 Å². The van der Waals surface area contributed by atoms with Crippen LogP contribution in [-0.2, 0) is 0 Å². The number of benzene rings is 3. The summed E-state index contributed by atoms with van der Waals surface area (Å²) in [5.41, 5.74) is 2.88. The zero-order chi connectivity index (χ0) is 17.1. The topological polar surface area (TPSA) is 49.3 Å². The highest BCUT2D eigenvalue weighted by Crippen LogP contribution is 2.37. The van der Waals surface area contributed by atoms with Gasteiger partial charge in [0.15, 0.2) is 0 Å². The molecule has 0 amide bonds. The highest BCUT2D eigenvalue weighted by molar-refractivity contribution is 6.35. The van der Waals surface area contributed by atoms with E-state index in [9.17, 15) is 9.90 Å². The van der Waals surface area contributed by atoms with Crippen molar-refractivity contribution >= 4 is 40.5 Å². The van der Waals surface area contributed by atoms with Crippen LogP contribution in [-0.4, -0.2) is 11.1 Å². The molecule has 0 unspecified atom stereocenters. The van der Waals surface area contributed by atoms with Crippen molar-refractivity contribution in [2.75, 3.05) is 5.32 Å². The number of nitrogens with one attached hydrogen (secondary N) is 1. The van der Waals surface area contributed by atoms with Crippen molar-refractivity contribution in [3.05, 3.63) is 82.3 Å². The second-order valence-corrected chi connectivity index (χ2v) is 5.94. The van der Waals surface area contributed by atoms with Gasteiger partial charge in [-0.3, -0.25) is 0 Å². The van der Waals surface area contributed by atoms with Crippen molar-refractivity contribution in [2.24, 2.45) is 0 Å². The Morgan fingerprint density at radius 3 is 2.08 bits per heavy atom. The van der Waals surface area contributed by atoms with Crippen LogP contribution in [0, 0.1) is 0 Å². The first-order valence-electron chi connectivity index (χ1n) is 7.20. The van der Waals surface area contributed by atoms with Gasteiger partial charge in [0, 0.05) is 11.3 Å². The molecule has 0 radical (unpaired) electrons. The van der Waals surface area contributed by atoms with Crippen LogP contribution in [0.25, 0.3) is 11.1 Å². The molecule has 120 valence electrons. The fourth-order valence-corrected chi connectivity index (χ4v) is 3.06. The average molecular weight is 358 g/mol. The zero-order valence-corrected chi connectivity index (χ0v) is 14.0. The molecule has 0 saturated heterocycles. The average Bonchev–Trinajstić information content (AvgIpc) is 2.55. The second-order valence-electron chi connectivity index (χ2n) is 5.12. The number of aromatic carboxylic acids is 1. The van der Waals surface area contributed by atoms with Gasteiger partial charge in [0.2, 0.25) is 0 Å². The summed E-state index contributed by atoms with van der Waals surface area (Å²) in [7, 11) is 0. The Morgan fingerprint density at radius 1 is 0.792 bits per heavy atom. The summed E-state index contributed by atoms with van der Waals surface area (Å²) in [6.45, 7) is 0. The van der Waals surface area contributed by atoms with E-state index in [1.807, 2.05) is 42.5 Å². The number of carboxylic acids is 1. The lowest BCUT2D eigenvalue weighted by molar-refractivity contribution is 0.0698. The number of carboxylic acid groups (broad SMARTS) is 1. The Bertz CT molecular complexity index is 895. The van der Waals surface area contributed by atoms with Crippen molar-refractivity contribution in [1.82, 2.24) is 0 Å². The van der Waals surface area contributed by atoms with Crippen molar-refractivity contribution in [1.29, 1.82) is 0 Å². The lowest BCUT2D eigenvalue weighted by Crippen LogP contribution is -2.04. The van der Waals surface area contributed by atoms with Crippen molar-refractivity contribution < 1.29 is 9.90 Å². The molecule has 24 heavy (non-hydrogen) atoms. The summed E-state index contributed by atoms with van der Waals surface area (Å²) < 4.78 is 0. The SMILES string of the molecule is O=C(O)c1c(Cl)cccc1Nc1cccc(Cl)c1-c1ccccc1. The maximum Gasteiger partial charge on any atom is 0.339 e. The smallest absolute Gasteiger partial charge is 0.339 e. The second kappa shape index (κ2) is 6.95. The molecule has 2 N–H and O–H groups in total. The van der Waals surface area contributed by atoms with Gasteiger partial charge in [-0.15, -0.1) is 0 Å². The fourth-order valence-electron chi connectivity index (χ4n) is 2.52. The van der Waals surface area contributed by atoms with E-state index in [1.165, 1.54) is 0 Å². The minimum atomic E-state index is -1.09. The third kappa shape index (κ3) is 3.23. The number of hydrogen-bond donors (Lipinski definition) is 2. The summed E-state index contributed by atoms with van der Waals surface area (Å²) in [6, 6.07) is 20.0. The first kappa shape index (κ1) is 16.4. The van der Waals surface area contributed by atoms with E-state index in [0.717, 1.165) is 11.1 Å². The Kier molecular flexibility index (Phi) is 4.74. The Balaban J connectivity index is 2.12. The molecule has 0 heterocycles. The minimum absolute atomic E-state index is 0.0261. The van der Waals surface area contributed by atoms with Crippen LogP contribution >= 0.6 is 23.2 Å². The highest BCUT2D eigenvalue weighted by atomic mass is 35.5. The van der Waals surface area contributed by atoms with E-state index < -0.39 is 5.97 Å². The van der Waals surface area contributed by atoms with Gasteiger partial charge in [0.05, 0.1) is 15.7 Å². The maximum atomic E-state index is 11.5. The van der Waals surface area contributed by atoms with Gasteiger partial charge in [-0.05, 0) is 29.8 Å². The fraction of sp³-hybridized carbons (Fsp3) is 0. The molecule has 0 aromatic heterocycles. The third-order valence-corrected chi connectivity index (χ3v) is 4.20. The van der Waals surface area contributed by atoms with Gasteiger partial charge in [0.1, 0.15) is 5.56 Å². The van der Waals surface area contributed by atoms with Crippen molar-refractivity contribution in [3.63, 3.8) is 0 Å². The minimum Gasteiger partial charge on any atom is -0.478 e. The molecule has 0 bridgehead atoms. The molecule has 0 atom stereocenters. The van der Waals surface area contributed by atoms with Crippen molar-refractivity contribution in [2.45, 2.75) is 0 Å². The lowest BCUT2D eigenvalue weighted by Gasteiger charge is -2.16. The number of rotatable bonds is 4. The monoisotopic (exact) mass is 357 g/mol. The molecule has 3 aromatic rings. The molecule has 0 aliphatic carbocycles. The quantitative estimate of drug-likeness (QED) is 0.592. The summed E-state index contributed by atoms with van der Waals surface area (Å²) >= 11 is 12.4. The highest BCUT2D eigenvalue weighted by Gasteiger charge is 2.16. The van der Waals surface area contributed by atoms with E-state index in [2.05, 4.69) is 5.32 Å². The van der Waals surface area contributed by atoms with E-state index >= 15 is 0 Å². The first-order chi connectivity index (χ1) is 11.6. The molecule has 0 aliphatic rings. The maximum absolute atomic E-state index is 11.5. The van der Waals surface area contributed by atoms with Gasteiger partial charge in [0.25, 0.3) is 0 Å². The van der Waals surface area contributed by atoms with Crippen LogP contribution in [0.2, 0.25) is 10.0 Å². The van der Waals surface area contributed by atoms with Crippen LogP contribution in [0.3, 0.4) is 0 Å². The molecule has 0 spiro atoms. The Hall–Kier alpha value is -2.49. The van der Waals surface area contributed by atoms with Crippen molar-refractivity contribution in [3.8, 4) is 11.1 Å². The number of anilines is 2. The van der Waals surface area contributed by atoms with Crippen LogP contribution in [0.15, 0.2) is 66.7 Å². The van der Waals surface area contributed by atoms with Gasteiger partial charge in [-0.1, -0.05) is 65.7 Å². The normalized spacial score (nSPS) is 10.4. The molecular weight excluding hydrogens is 345 g/mol. The predicted molar refractivity (Wildman–Crippen MR) is 98.6 cm³/mol. The molecule has 3 aromatic carbocycles. The molecule has 0 aliphatic heterocycles. The molecule has 3 nitrogen and oxygen atoms in total. The Labute approximate surface area is 149 Å². The molecule has 0 fully saturated rings. The number of halogens is 2. The van der Waals surface area contributed by atoms with E-state index in [0.29, 0.717) is 16.4 Å². The molecular formula is C19H13Cl2NO2. The largest absolute Gasteiger partial charge is 0.478 e. The lowest BCUT2D eigenvalue weighted by atomic mass is 10.0. The van der Waals surface area contributed by atoms with Crippen LogP contribution < -0.4 is 5.32 Å². The molecule has 3 rings (SSSR count). The summed E-state index contributed by atoms with van der Waals surface area (Å²) in [6.07, 6.45) is 0. The third-order valence-electron chi connectivity index (χ3n) is 3.57. The standard InChI is InChI=1S/C19H13Cl2NO2/c20-13-8-4-10-15(17(13)12-6-2-1-3-7-12)22-16-11-5-9-14(21)18(16)19(23)24/h1-11,22H,(H,23,24). The van der Waals surface area contributed by atoms with Crippen LogP contribution in [0.4, 0.5) is 11.4 Å². The van der Waals surface area contributed by atoms with E-state index in [-0.39, 0.29) is 10.6 Å². The van der Waals surface area contributed by atoms with Gasteiger partial charge in [-0.2, -0.15) is 0 Å². The summed E-state index contributed by atoms with van der Waals surface area (Å²) in [5.74, 6) is -1.09. The summed E-state index contributed by atoms with van der Waals surface area (Å²) in [4.78, 5) is 11.5. The number of hydrogen-bond acceptors (Lipinski definition) is 2. The molecule has 0 saturated carbocycles. The van der Waals surface area contributed by atoms with E-state index in [1.54, 1.807) is 24.3 Å².